The highest BCUT2D eigenvalue weighted by atomic mass is 35.5. The van der Waals surface area contributed by atoms with Crippen LogP contribution >= 0.6 is 23.4 Å². The summed E-state index contributed by atoms with van der Waals surface area (Å²) < 4.78 is 40.2. The molecule has 1 aliphatic rings. The Morgan fingerprint density at radius 3 is 2.70 bits per heavy atom. The van der Waals surface area contributed by atoms with Gasteiger partial charge in [0.1, 0.15) is 0 Å². The molecule has 0 radical (unpaired) electrons. The molecule has 0 saturated heterocycles. The second kappa shape index (κ2) is 9.30. The summed E-state index contributed by atoms with van der Waals surface area (Å²) in [6.45, 7) is 1.98. The van der Waals surface area contributed by atoms with E-state index in [-0.39, 0.29) is 16.5 Å². The molecule has 1 aromatic rings. The third-order valence-corrected chi connectivity index (χ3v) is 5.58. The zero-order valence-corrected chi connectivity index (χ0v) is 16.5. The van der Waals surface area contributed by atoms with Crippen molar-refractivity contribution in [1.29, 1.82) is 0 Å². The molecular formula is C18H22ClF3N2O2S. The highest BCUT2D eigenvalue weighted by molar-refractivity contribution is 7.99. The van der Waals surface area contributed by atoms with Crippen molar-refractivity contribution >= 4 is 35.0 Å². The third-order valence-electron chi connectivity index (χ3n) is 4.24. The first kappa shape index (κ1) is 22.0. The van der Waals surface area contributed by atoms with Crippen molar-refractivity contribution in [3.8, 4) is 0 Å². The molecule has 0 saturated carbocycles. The maximum Gasteiger partial charge on any atom is 0.438 e. The molecule has 0 fully saturated rings. The van der Waals surface area contributed by atoms with Crippen LogP contribution in [0.25, 0.3) is 0 Å². The normalized spacial score (nSPS) is 20.1. The van der Waals surface area contributed by atoms with Crippen LogP contribution in [0, 0.1) is 0 Å². The Morgan fingerprint density at radius 1 is 1.37 bits per heavy atom. The van der Waals surface area contributed by atoms with Crippen LogP contribution in [-0.4, -0.2) is 39.4 Å². The number of carbonyl (C=O) groups excluding carboxylic acids is 1. The molecule has 4 nitrogen and oxygen atoms in total. The predicted octanol–water partition coefficient (Wildman–Crippen LogP) is 4.99. The van der Waals surface area contributed by atoms with E-state index in [1.165, 1.54) is 0 Å². The van der Waals surface area contributed by atoms with Crippen molar-refractivity contribution in [3.05, 3.63) is 34.9 Å². The smallest absolute Gasteiger partial charge is 0.362 e. The number of rotatable bonds is 8. The number of carbonyl (C=O) groups is 1. The number of halogens is 4. The van der Waals surface area contributed by atoms with Crippen LogP contribution in [0.1, 0.15) is 44.6 Å². The van der Waals surface area contributed by atoms with Gasteiger partial charge in [0.05, 0.1) is 5.75 Å². The van der Waals surface area contributed by atoms with Gasteiger partial charge in [-0.2, -0.15) is 23.3 Å². The summed E-state index contributed by atoms with van der Waals surface area (Å²) in [6, 6.07) is 7.05. The number of aliphatic hydroxyl groups is 1. The number of amides is 1. The third kappa shape index (κ3) is 5.39. The van der Waals surface area contributed by atoms with E-state index in [2.05, 4.69) is 5.10 Å². The van der Waals surface area contributed by atoms with E-state index in [0.717, 1.165) is 30.2 Å². The Balaban J connectivity index is 2.04. The first-order valence-corrected chi connectivity index (χ1v) is 10.2. The van der Waals surface area contributed by atoms with E-state index in [1.807, 2.05) is 6.92 Å². The molecule has 27 heavy (non-hydrogen) atoms. The minimum absolute atomic E-state index is 0.202. The number of nitrogens with zero attached hydrogens (tertiary/aromatic N) is 2. The van der Waals surface area contributed by atoms with Gasteiger partial charge in [0.25, 0.3) is 11.6 Å². The van der Waals surface area contributed by atoms with Crippen molar-refractivity contribution in [2.45, 2.75) is 56.7 Å². The molecule has 0 aromatic heterocycles. The van der Waals surface area contributed by atoms with E-state index < -0.39 is 24.2 Å². The van der Waals surface area contributed by atoms with Crippen LogP contribution in [0.4, 0.5) is 13.2 Å². The van der Waals surface area contributed by atoms with Gasteiger partial charge in [0.2, 0.25) is 0 Å². The summed E-state index contributed by atoms with van der Waals surface area (Å²) in [7, 11) is 0. The lowest BCUT2D eigenvalue weighted by molar-refractivity contribution is -0.301. The van der Waals surface area contributed by atoms with E-state index in [1.54, 1.807) is 24.3 Å². The minimum atomic E-state index is -4.98. The summed E-state index contributed by atoms with van der Waals surface area (Å²) >= 11 is 7.16. The molecule has 1 heterocycles. The van der Waals surface area contributed by atoms with Crippen molar-refractivity contribution in [2.75, 3.05) is 5.75 Å². The van der Waals surface area contributed by atoms with Crippen LogP contribution in [0.2, 0.25) is 5.02 Å². The van der Waals surface area contributed by atoms with Crippen LogP contribution < -0.4 is 0 Å². The molecule has 1 aliphatic heterocycles. The summed E-state index contributed by atoms with van der Waals surface area (Å²) in [4.78, 5) is 12.4. The highest BCUT2D eigenvalue weighted by Gasteiger charge is 2.62. The number of alkyl halides is 3. The monoisotopic (exact) mass is 422 g/mol. The number of hydrogen-bond donors (Lipinski definition) is 1. The highest BCUT2D eigenvalue weighted by Crippen LogP contribution is 2.41. The van der Waals surface area contributed by atoms with Gasteiger partial charge in [-0.1, -0.05) is 49.6 Å². The number of unbranched alkanes of at least 4 members (excludes halogenated alkanes) is 2. The molecule has 0 aliphatic carbocycles. The number of benzene rings is 1. The standard InChI is InChI=1S/C18H22ClF3N2O2S/c1-2-3-4-8-14-10-17(26,18(20,21)22)24(23-14)16(25)12-27-11-13-7-5-6-9-15(13)19/h5-7,9,26H,2-4,8,10-12H2,1H3/t17-/m0/s1. The number of hydrogen-bond acceptors (Lipinski definition) is 4. The number of hydrazone groups is 1. The van der Waals surface area contributed by atoms with Crippen LogP contribution in [0.3, 0.4) is 0 Å². The van der Waals surface area contributed by atoms with Crippen LogP contribution in [-0.2, 0) is 10.5 Å². The maximum absolute atomic E-state index is 13.4. The maximum atomic E-state index is 13.4. The zero-order valence-electron chi connectivity index (χ0n) is 14.9. The summed E-state index contributed by atoms with van der Waals surface area (Å²) in [5.74, 6) is -0.746. The van der Waals surface area contributed by atoms with Crippen molar-refractivity contribution in [2.24, 2.45) is 5.10 Å². The largest absolute Gasteiger partial charge is 0.438 e. The number of thioether (sulfide) groups is 1. The van der Waals surface area contributed by atoms with Crippen molar-refractivity contribution in [3.63, 3.8) is 0 Å². The van der Waals surface area contributed by atoms with Gasteiger partial charge in [-0.15, -0.1) is 11.8 Å². The molecule has 2 rings (SSSR count). The average molecular weight is 423 g/mol. The Hall–Kier alpha value is -1.25. The summed E-state index contributed by atoms with van der Waals surface area (Å²) in [6.07, 6.45) is -2.90. The molecule has 1 aromatic carbocycles. The van der Waals surface area contributed by atoms with Gasteiger partial charge >= 0.3 is 6.18 Å². The second-order valence-electron chi connectivity index (χ2n) is 6.40. The lowest BCUT2D eigenvalue weighted by Gasteiger charge is -2.32. The second-order valence-corrected chi connectivity index (χ2v) is 7.80. The Bertz CT molecular complexity index is 699. The fourth-order valence-electron chi connectivity index (χ4n) is 2.74. The topological polar surface area (TPSA) is 52.9 Å². The summed E-state index contributed by atoms with van der Waals surface area (Å²) in [5.41, 5.74) is -2.28. The van der Waals surface area contributed by atoms with Crippen LogP contribution in [0.5, 0.6) is 0 Å². The Labute approximate surface area is 165 Å². The molecule has 0 unspecified atom stereocenters. The van der Waals surface area contributed by atoms with Crippen LogP contribution in [0.15, 0.2) is 29.4 Å². The van der Waals surface area contributed by atoms with Gasteiger partial charge in [-0.25, -0.2) is 0 Å². The van der Waals surface area contributed by atoms with Gasteiger partial charge in [-0.05, 0) is 24.5 Å². The minimum Gasteiger partial charge on any atom is -0.362 e. The first-order valence-electron chi connectivity index (χ1n) is 8.68. The Kier molecular flexibility index (Phi) is 7.59. The van der Waals surface area contributed by atoms with E-state index in [0.29, 0.717) is 23.6 Å². The molecule has 1 amide bonds. The fraction of sp³-hybridized carbons (Fsp3) is 0.556. The van der Waals surface area contributed by atoms with Gasteiger partial charge in [-0.3, -0.25) is 4.79 Å². The Morgan fingerprint density at radius 2 is 2.07 bits per heavy atom. The van der Waals surface area contributed by atoms with Gasteiger partial charge < -0.3 is 5.11 Å². The lowest BCUT2D eigenvalue weighted by atomic mass is 10.0. The molecule has 9 heteroatoms. The van der Waals surface area contributed by atoms with E-state index in [9.17, 15) is 23.1 Å². The van der Waals surface area contributed by atoms with E-state index in [4.69, 9.17) is 11.6 Å². The molecular weight excluding hydrogens is 401 g/mol. The lowest BCUT2D eigenvalue weighted by Crippen LogP contribution is -2.57. The van der Waals surface area contributed by atoms with Crippen molar-refractivity contribution < 1.29 is 23.1 Å². The fourth-order valence-corrected chi connectivity index (χ4v) is 3.90. The average Bonchev–Trinajstić information content (AvgIpc) is 2.95. The zero-order chi connectivity index (χ0) is 20.1. The van der Waals surface area contributed by atoms with Gasteiger partial charge in [0.15, 0.2) is 0 Å². The SMILES string of the molecule is CCCCCC1=NN(C(=O)CSCc2ccccc2Cl)[C@@](O)(C(F)(F)F)C1. The first-order chi connectivity index (χ1) is 12.7. The predicted molar refractivity (Wildman–Crippen MR) is 102 cm³/mol. The molecule has 1 N–H and O–H groups in total. The van der Waals surface area contributed by atoms with Gasteiger partial charge in [0, 0.05) is 22.9 Å². The quantitative estimate of drug-likeness (QED) is 0.600. The summed E-state index contributed by atoms with van der Waals surface area (Å²) in [5, 5.41) is 14.7. The molecule has 0 bridgehead atoms. The molecule has 0 spiro atoms. The molecule has 150 valence electrons. The molecule has 1 atom stereocenters. The van der Waals surface area contributed by atoms with Crippen molar-refractivity contribution in [1.82, 2.24) is 5.01 Å². The van der Waals surface area contributed by atoms with E-state index >= 15 is 0 Å².